The van der Waals surface area contributed by atoms with Gasteiger partial charge in [0.25, 0.3) is 0 Å². The van der Waals surface area contributed by atoms with Crippen molar-refractivity contribution < 1.29 is 0 Å². The van der Waals surface area contributed by atoms with Gasteiger partial charge in [0.1, 0.15) is 0 Å². The Morgan fingerprint density at radius 1 is 1.00 bits per heavy atom. The lowest BCUT2D eigenvalue weighted by Crippen LogP contribution is -2.11. The quantitative estimate of drug-likeness (QED) is 0.839. The molecule has 2 heteroatoms. The molecule has 2 N–H and O–H groups in total. The molecule has 0 aromatic heterocycles. The molecule has 0 heterocycles. The topological polar surface area (TPSA) is 26.0 Å². The molecule has 0 saturated carbocycles. The summed E-state index contributed by atoms with van der Waals surface area (Å²) in [7, 11) is 0. The average Bonchev–Trinajstić information content (AvgIpc) is 2.29. The minimum Gasteiger partial charge on any atom is -0.320 e. The minimum absolute atomic E-state index is 0.0321. The molecule has 0 spiro atoms. The van der Waals surface area contributed by atoms with Crippen molar-refractivity contribution in [3.8, 4) is 0 Å². The highest BCUT2D eigenvalue weighted by Gasteiger charge is 2.08. The Hall–Kier alpha value is -0.870. The zero-order valence-corrected chi connectivity index (χ0v) is 11.3. The van der Waals surface area contributed by atoms with Gasteiger partial charge in [-0.25, -0.2) is 0 Å². The fraction of sp³-hybridized carbons (Fsp3) is 0.143. The second-order valence-corrected chi connectivity index (χ2v) is 5.19. The van der Waals surface area contributed by atoms with E-state index in [-0.39, 0.29) is 6.04 Å². The van der Waals surface area contributed by atoms with Crippen molar-refractivity contribution in [2.45, 2.75) is 13.0 Å². The van der Waals surface area contributed by atoms with E-state index in [1.807, 2.05) is 6.07 Å². The van der Waals surface area contributed by atoms with Crippen LogP contribution in [0.3, 0.4) is 0 Å². The number of rotatable bonds is 2. The van der Waals surface area contributed by atoms with Gasteiger partial charge in [-0.3, -0.25) is 0 Å². The molecular weight excluding hydrogens is 309 g/mol. The largest absolute Gasteiger partial charge is 0.320 e. The Morgan fingerprint density at radius 2 is 1.69 bits per heavy atom. The first-order valence-electron chi connectivity index (χ1n) is 5.24. The van der Waals surface area contributed by atoms with Crippen LogP contribution in [0.4, 0.5) is 0 Å². The maximum absolute atomic E-state index is 6.23. The zero-order chi connectivity index (χ0) is 11.5. The number of aryl methyl sites for hydroxylation is 1. The first kappa shape index (κ1) is 11.6. The van der Waals surface area contributed by atoms with Gasteiger partial charge in [-0.15, -0.1) is 0 Å². The lowest BCUT2D eigenvalue weighted by molar-refractivity contribution is 0.870. The third kappa shape index (κ3) is 2.62. The summed E-state index contributed by atoms with van der Waals surface area (Å²) < 4.78 is 1.22. The van der Waals surface area contributed by atoms with E-state index in [2.05, 4.69) is 72.0 Å². The van der Waals surface area contributed by atoms with Gasteiger partial charge in [-0.1, -0.05) is 42.0 Å². The summed E-state index contributed by atoms with van der Waals surface area (Å²) in [5.41, 5.74) is 9.82. The summed E-state index contributed by atoms with van der Waals surface area (Å²) in [5.74, 6) is 0. The van der Waals surface area contributed by atoms with Crippen LogP contribution in [0.15, 0.2) is 48.5 Å². The van der Waals surface area contributed by atoms with Crippen molar-refractivity contribution in [3.63, 3.8) is 0 Å². The minimum atomic E-state index is -0.0321. The van der Waals surface area contributed by atoms with Crippen molar-refractivity contribution in [1.29, 1.82) is 0 Å². The Bertz CT molecular complexity index is 476. The molecule has 0 aliphatic rings. The van der Waals surface area contributed by atoms with Gasteiger partial charge in [0, 0.05) is 3.57 Å². The van der Waals surface area contributed by atoms with E-state index in [1.165, 1.54) is 9.13 Å². The average molecular weight is 323 g/mol. The van der Waals surface area contributed by atoms with Crippen LogP contribution in [0.1, 0.15) is 22.7 Å². The van der Waals surface area contributed by atoms with E-state index in [1.54, 1.807) is 0 Å². The third-order valence-electron chi connectivity index (χ3n) is 2.64. The number of hydrogen-bond acceptors (Lipinski definition) is 1. The summed E-state index contributed by atoms with van der Waals surface area (Å²) in [6.07, 6.45) is 0. The first-order chi connectivity index (χ1) is 7.66. The van der Waals surface area contributed by atoms with Gasteiger partial charge < -0.3 is 5.73 Å². The summed E-state index contributed by atoms with van der Waals surface area (Å²) >= 11 is 2.31. The predicted molar refractivity (Wildman–Crippen MR) is 76.4 cm³/mol. The summed E-state index contributed by atoms with van der Waals surface area (Å²) in [4.78, 5) is 0. The lowest BCUT2D eigenvalue weighted by Gasteiger charge is -2.13. The number of nitrogens with two attached hydrogens (primary N) is 1. The molecule has 0 bridgehead atoms. The second kappa shape index (κ2) is 4.97. The molecule has 1 atom stereocenters. The van der Waals surface area contributed by atoms with E-state index in [4.69, 9.17) is 5.73 Å². The van der Waals surface area contributed by atoms with E-state index in [0.717, 1.165) is 11.1 Å². The van der Waals surface area contributed by atoms with Crippen LogP contribution in [-0.4, -0.2) is 0 Å². The first-order valence-corrected chi connectivity index (χ1v) is 6.32. The number of halogens is 1. The SMILES string of the molecule is Cc1ccc(C(N)c2cccc(I)c2)cc1. The van der Waals surface area contributed by atoms with E-state index in [9.17, 15) is 0 Å². The fourth-order valence-corrected chi connectivity index (χ4v) is 2.23. The van der Waals surface area contributed by atoms with Gasteiger partial charge in [-0.05, 0) is 52.8 Å². The zero-order valence-electron chi connectivity index (χ0n) is 9.15. The molecule has 0 amide bonds. The molecule has 1 nitrogen and oxygen atoms in total. The van der Waals surface area contributed by atoms with Crippen LogP contribution < -0.4 is 5.73 Å². The Labute approximate surface area is 110 Å². The third-order valence-corrected chi connectivity index (χ3v) is 3.32. The summed E-state index contributed by atoms with van der Waals surface area (Å²) in [6, 6.07) is 16.7. The highest BCUT2D eigenvalue weighted by molar-refractivity contribution is 14.1. The Balaban J connectivity index is 2.31. The Morgan fingerprint density at radius 3 is 2.31 bits per heavy atom. The molecule has 0 aliphatic heterocycles. The number of benzene rings is 2. The van der Waals surface area contributed by atoms with Crippen LogP contribution in [0.5, 0.6) is 0 Å². The molecule has 1 unspecified atom stereocenters. The van der Waals surface area contributed by atoms with Crippen LogP contribution in [0.2, 0.25) is 0 Å². The molecule has 2 aromatic rings. The molecule has 82 valence electrons. The molecular formula is C14H14IN. The van der Waals surface area contributed by atoms with Crippen molar-refractivity contribution in [1.82, 2.24) is 0 Å². The highest BCUT2D eigenvalue weighted by atomic mass is 127. The van der Waals surface area contributed by atoms with Gasteiger partial charge in [0.15, 0.2) is 0 Å². The lowest BCUT2D eigenvalue weighted by atomic mass is 9.99. The van der Waals surface area contributed by atoms with Gasteiger partial charge in [0.05, 0.1) is 6.04 Å². The Kier molecular flexibility index (Phi) is 3.61. The van der Waals surface area contributed by atoms with Crippen molar-refractivity contribution in [2.24, 2.45) is 5.73 Å². The number of hydrogen-bond donors (Lipinski definition) is 1. The van der Waals surface area contributed by atoms with Gasteiger partial charge in [0.2, 0.25) is 0 Å². The summed E-state index contributed by atoms with van der Waals surface area (Å²) in [5, 5.41) is 0. The van der Waals surface area contributed by atoms with Crippen molar-refractivity contribution in [3.05, 3.63) is 68.8 Å². The van der Waals surface area contributed by atoms with Crippen LogP contribution in [0.25, 0.3) is 0 Å². The second-order valence-electron chi connectivity index (χ2n) is 3.94. The van der Waals surface area contributed by atoms with Gasteiger partial charge in [-0.2, -0.15) is 0 Å². The maximum Gasteiger partial charge on any atom is 0.0552 e. The van der Waals surface area contributed by atoms with Crippen LogP contribution in [0, 0.1) is 10.5 Å². The monoisotopic (exact) mass is 323 g/mol. The van der Waals surface area contributed by atoms with Crippen LogP contribution in [-0.2, 0) is 0 Å². The predicted octanol–water partition coefficient (Wildman–Crippen LogP) is 3.65. The highest BCUT2D eigenvalue weighted by Crippen LogP contribution is 2.21. The molecule has 2 aromatic carbocycles. The molecule has 0 saturated heterocycles. The molecule has 0 fully saturated rings. The van der Waals surface area contributed by atoms with E-state index < -0.39 is 0 Å². The van der Waals surface area contributed by atoms with Gasteiger partial charge >= 0.3 is 0 Å². The normalized spacial score (nSPS) is 12.4. The van der Waals surface area contributed by atoms with Crippen molar-refractivity contribution >= 4 is 22.6 Å². The maximum atomic E-state index is 6.23. The standard InChI is InChI=1S/C14H14IN/c1-10-5-7-11(8-6-10)14(16)12-3-2-4-13(15)9-12/h2-9,14H,16H2,1H3. The fourth-order valence-electron chi connectivity index (χ4n) is 1.67. The summed E-state index contributed by atoms with van der Waals surface area (Å²) in [6.45, 7) is 2.08. The smallest absolute Gasteiger partial charge is 0.0552 e. The van der Waals surface area contributed by atoms with E-state index in [0.29, 0.717) is 0 Å². The molecule has 2 rings (SSSR count). The molecule has 0 aliphatic carbocycles. The van der Waals surface area contributed by atoms with E-state index >= 15 is 0 Å². The molecule has 16 heavy (non-hydrogen) atoms. The van der Waals surface area contributed by atoms with Crippen molar-refractivity contribution in [2.75, 3.05) is 0 Å². The van der Waals surface area contributed by atoms with Crippen LogP contribution >= 0.6 is 22.6 Å². The molecule has 0 radical (unpaired) electrons.